The van der Waals surface area contributed by atoms with Gasteiger partial charge in [0.15, 0.2) is 5.03 Å². The van der Waals surface area contributed by atoms with E-state index >= 15 is 0 Å². The van der Waals surface area contributed by atoms with Crippen LogP contribution in [0.5, 0.6) is 0 Å². The Labute approximate surface area is 96.9 Å². The molecule has 1 heterocycles. The molecule has 0 saturated heterocycles. The summed E-state index contributed by atoms with van der Waals surface area (Å²) in [7, 11) is -3.39. The number of aryl methyl sites for hydroxylation is 1. The first kappa shape index (κ1) is 13.2. The Hall–Kier alpha value is -0.880. The van der Waals surface area contributed by atoms with E-state index in [9.17, 15) is 8.42 Å². The lowest BCUT2D eigenvalue weighted by atomic mass is 10.5. The van der Waals surface area contributed by atoms with Crippen LogP contribution < -0.4 is 0 Å². The summed E-state index contributed by atoms with van der Waals surface area (Å²) in [6.45, 7) is 6.75. The van der Waals surface area contributed by atoms with E-state index in [2.05, 4.69) is 9.97 Å². The van der Waals surface area contributed by atoms with E-state index in [1.165, 1.54) is 10.5 Å². The van der Waals surface area contributed by atoms with E-state index in [1.54, 1.807) is 0 Å². The van der Waals surface area contributed by atoms with Gasteiger partial charge in [-0.3, -0.25) is 0 Å². The first-order valence-electron chi connectivity index (χ1n) is 5.60. The molecule has 1 N–H and O–H groups in total. The van der Waals surface area contributed by atoms with Crippen LogP contribution in [-0.2, 0) is 16.4 Å². The number of H-pyrrole nitrogens is 1. The lowest BCUT2D eigenvalue weighted by molar-refractivity contribution is 0.425. The van der Waals surface area contributed by atoms with E-state index in [0.29, 0.717) is 25.3 Å². The van der Waals surface area contributed by atoms with E-state index in [0.717, 1.165) is 6.42 Å². The van der Waals surface area contributed by atoms with E-state index < -0.39 is 10.0 Å². The van der Waals surface area contributed by atoms with Gasteiger partial charge in [0, 0.05) is 19.5 Å². The summed E-state index contributed by atoms with van der Waals surface area (Å²) in [6.07, 6.45) is 2.91. The molecule has 1 aromatic heterocycles. The normalized spacial score (nSPS) is 12.2. The van der Waals surface area contributed by atoms with Gasteiger partial charge in [0.05, 0.1) is 6.20 Å². The van der Waals surface area contributed by atoms with E-state index in [1.807, 2.05) is 20.8 Å². The van der Waals surface area contributed by atoms with Crippen LogP contribution in [0.4, 0.5) is 0 Å². The third-order valence-electron chi connectivity index (χ3n) is 2.38. The summed E-state index contributed by atoms with van der Waals surface area (Å²) >= 11 is 0. The molecule has 1 aromatic rings. The minimum atomic E-state index is -3.39. The molecule has 0 unspecified atom stereocenters. The third-order valence-corrected chi connectivity index (χ3v) is 4.27. The highest BCUT2D eigenvalue weighted by Gasteiger charge is 2.24. The summed E-state index contributed by atoms with van der Waals surface area (Å²) in [6, 6.07) is 0. The first-order valence-corrected chi connectivity index (χ1v) is 7.04. The van der Waals surface area contributed by atoms with Gasteiger partial charge in [-0.2, -0.15) is 4.31 Å². The Kier molecular flexibility index (Phi) is 4.49. The molecule has 1 rings (SSSR count). The van der Waals surface area contributed by atoms with Crippen molar-refractivity contribution in [2.75, 3.05) is 13.1 Å². The highest BCUT2D eigenvalue weighted by Crippen LogP contribution is 2.13. The molecule has 0 fully saturated rings. The van der Waals surface area contributed by atoms with Gasteiger partial charge in [-0.25, -0.2) is 13.4 Å². The van der Waals surface area contributed by atoms with Crippen LogP contribution in [-0.4, -0.2) is 35.8 Å². The molecule has 0 aliphatic rings. The molecule has 0 bridgehead atoms. The molecule has 0 saturated carbocycles. The molecule has 0 spiro atoms. The van der Waals surface area contributed by atoms with Crippen molar-refractivity contribution in [3.63, 3.8) is 0 Å². The Balaban J connectivity index is 2.99. The number of hydrogen-bond donors (Lipinski definition) is 1. The molecular formula is C10H19N3O2S. The Morgan fingerprint density at radius 1 is 1.38 bits per heavy atom. The standard InChI is InChI=1S/C10H19N3O2S/c1-4-7-13(6-3)16(14,15)10-8-11-9(5-2)12-10/h8H,4-7H2,1-3H3,(H,11,12). The van der Waals surface area contributed by atoms with Crippen LogP contribution in [0, 0.1) is 0 Å². The number of sulfonamides is 1. The van der Waals surface area contributed by atoms with Crippen molar-refractivity contribution in [2.45, 2.75) is 38.6 Å². The Bertz CT molecular complexity index is 425. The number of imidazole rings is 1. The maximum atomic E-state index is 12.1. The molecule has 6 heteroatoms. The molecular weight excluding hydrogens is 226 g/mol. The van der Waals surface area contributed by atoms with Gasteiger partial charge in [-0.1, -0.05) is 20.8 Å². The van der Waals surface area contributed by atoms with Crippen LogP contribution in [0.3, 0.4) is 0 Å². The van der Waals surface area contributed by atoms with Crippen molar-refractivity contribution in [3.05, 3.63) is 12.0 Å². The van der Waals surface area contributed by atoms with Gasteiger partial charge in [-0.05, 0) is 6.42 Å². The van der Waals surface area contributed by atoms with Crippen molar-refractivity contribution in [1.82, 2.24) is 14.3 Å². The number of aromatic amines is 1. The predicted molar refractivity (Wildman–Crippen MR) is 62.7 cm³/mol. The molecule has 0 radical (unpaired) electrons. The maximum absolute atomic E-state index is 12.1. The Morgan fingerprint density at radius 2 is 2.06 bits per heavy atom. The van der Waals surface area contributed by atoms with Crippen molar-refractivity contribution in [3.8, 4) is 0 Å². The average molecular weight is 245 g/mol. The fourth-order valence-electron chi connectivity index (χ4n) is 1.49. The summed E-state index contributed by atoms with van der Waals surface area (Å²) in [5, 5.41) is 0.194. The first-order chi connectivity index (χ1) is 7.56. The quantitative estimate of drug-likeness (QED) is 0.823. The fourth-order valence-corrected chi connectivity index (χ4v) is 2.96. The predicted octanol–water partition coefficient (Wildman–Crippen LogP) is 1.39. The molecule has 16 heavy (non-hydrogen) atoms. The highest BCUT2D eigenvalue weighted by atomic mass is 32.2. The molecule has 92 valence electrons. The third kappa shape index (κ3) is 2.62. The van der Waals surface area contributed by atoms with Crippen molar-refractivity contribution in [2.24, 2.45) is 0 Å². The van der Waals surface area contributed by atoms with Crippen LogP contribution in [0.1, 0.15) is 33.0 Å². The van der Waals surface area contributed by atoms with Crippen LogP contribution in [0.15, 0.2) is 11.2 Å². The zero-order valence-electron chi connectivity index (χ0n) is 10.0. The van der Waals surface area contributed by atoms with Crippen LogP contribution in [0.2, 0.25) is 0 Å². The molecule has 0 amide bonds. The number of nitrogens with one attached hydrogen (secondary N) is 1. The molecule has 0 aliphatic heterocycles. The second kappa shape index (κ2) is 5.45. The smallest absolute Gasteiger partial charge is 0.260 e. The van der Waals surface area contributed by atoms with Crippen molar-refractivity contribution < 1.29 is 8.42 Å². The van der Waals surface area contributed by atoms with E-state index in [-0.39, 0.29) is 5.03 Å². The monoisotopic (exact) mass is 245 g/mol. The highest BCUT2D eigenvalue weighted by molar-refractivity contribution is 7.89. The number of nitrogens with zero attached hydrogens (tertiary/aromatic N) is 2. The summed E-state index contributed by atoms with van der Waals surface area (Å²) in [5.74, 6) is 0.700. The van der Waals surface area contributed by atoms with Gasteiger partial charge in [0.2, 0.25) is 0 Å². The number of aromatic nitrogens is 2. The van der Waals surface area contributed by atoms with Gasteiger partial charge in [0.1, 0.15) is 5.82 Å². The molecule has 0 aromatic carbocycles. The molecule has 0 atom stereocenters. The van der Waals surface area contributed by atoms with Gasteiger partial charge in [0.25, 0.3) is 10.0 Å². The van der Waals surface area contributed by atoms with Crippen LogP contribution >= 0.6 is 0 Å². The molecule has 0 aliphatic carbocycles. The lowest BCUT2D eigenvalue weighted by Crippen LogP contribution is -2.31. The van der Waals surface area contributed by atoms with Crippen molar-refractivity contribution >= 4 is 10.0 Å². The summed E-state index contributed by atoms with van der Waals surface area (Å²) in [5.41, 5.74) is 0. The zero-order valence-corrected chi connectivity index (χ0v) is 10.8. The molecule has 5 nitrogen and oxygen atoms in total. The topological polar surface area (TPSA) is 66.1 Å². The minimum absolute atomic E-state index is 0.194. The zero-order chi connectivity index (χ0) is 12.2. The van der Waals surface area contributed by atoms with Crippen LogP contribution in [0.25, 0.3) is 0 Å². The summed E-state index contributed by atoms with van der Waals surface area (Å²) < 4.78 is 25.7. The maximum Gasteiger partial charge on any atom is 0.260 e. The largest absolute Gasteiger partial charge is 0.332 e. The fraction of sp³-hybridized carbons (Fsp3) is 0.700. The Morgan fingerprint density at radius 3 is 2.50 bits per heavy atom. The minimum Gasteiger partial charge on any atom is -0.332 e. The second-order valence-electron chi connectivity index (χ2n) is 3.54. The second-order valence-corrected chi connectivity index (χ2v) is 5.45. The van der Waals surface area contributed by atoms with E-state index in [4.69, 9.17) is 0 Å². The summed E-state index contributed by atoms with van der Waals surface area (Å²) in [4.78, 5) is 6.85. The van der Waals surface area contributed by atoms with Crippen molar-refractivity contribution in [1.29, 1.82) is 0 Å². The SMILES string of the molecule is CCCN(CC)S(=O)(=O)c1cnc(CC)[nH]1. The number of hydrogen-bond acceptors (Lipinski definition) is 3. The lowest BCUT2D eigenvalue weighted by Gasteiger charge is -2.18. The van der Waals surface area contributed by atoms with Gasteiger partial charge in [-0.15, -0.1) is 0 Å². The average Bonchev–Trinajstić information content (AvgIpc) is 2.74. The number of rotatable bonds is 6. The van der Waals surface area contributed by atoms with Gasteiger partial charge < -0.3 is 4.98 Å². The van der Waals surface area contributed by atoms with Gasteiger partial charge >= 0.3 is 0 Å².